The van der Waals surface area contributed by atoms with Crippen molar-refractivity contribution in [3.05, 3.63) is 65.0 Å². The van der Waals surface area contributed by atoms with Crippen molar-refractivity contribution in [2.45, 2.75) is 25.6 Å². The Morgan fingerprint density at radius 3 is 2.59 bits per heavy atom. The Hall–Kier alpha value is -2.72. The van der Waals surface area contributed by atoms with Crippen molar-refractivity contribution in [1.82, 2.24) is 0 Å². The highest BCUT2D eigenvalue weighted by Crippen LogP contribution is 2.52. The normalized spacial score (nSPS) is 27.7. The molecule has 0 spiro atoms. The van der Waals surface area contributed by atoms with Crippen molar-refractivity contribution < 1.29 is 33.5 Å². The summed E-state index contributed by atoms with van der Waals surface area (Å²) in [4.78, 5) is 28.2. The van der Waals surface area contributed by atoms with Gasteiger partial charge in [-0.3, -0.25) is 14.5 Å². The van der Waals surface area contributed by atoms with Gasteiger partial charge in [-0.25, -0.2) is 0 Å². The van der Waals surface area contributed by atoms with Crippen LogP contribution >= 0.6 is 0 Å². The minimum Gasteiger partial charge on any atom is -0.461 e. The van der Waals surface area contributed by atoms with E-state index in [4.69, 9.17) is 13.8 Å². The minimum atomic E-state index is -1.23. The zero-order chi connectivity index (χ0) is 22.4. The number of nitrogens with zero attached hydrogens (tertiary/aromatic N) is 1. The van der Waals surface area contributed by atoms with Crippen LogP contribution in [0.5, 0.6) is 0 Å². The van der Waals surface area contributed by atoms with Crippen LogP contribution in [0, 0.1) is 17.8 Å². The van der Waals surface area contributed by atoms with Crippen LogP contribution in [0.25, 0.3) is 0 Å². The number of carbonyl (C=O) groups is 2. The Kier molecular flexibility index (Phi) is 5.50. The second kappa shape index (κ2) is 8.33. The van der Waals surface area contributed by atoms with Gasteiger partial charge in [0, 0.05) is 7.11 Å². The summed E-state index contributed by atoms with van der Waals surface area (Å²) in [5, 5.41) is 20.2. The molecule has 3 heterocycles. The molecular formula is C23H24BNO7. The van der Waals surface area contributed by atoms with Gasteiger partial charge in [0.25, 0.3) is 0 Å². The van der Waals surface area contributed by atoms with E-state index in [-0.39, 0.29) is 30.9 Å². The van der Waals surface area contributed by atoms with Crippen LogP contribution < -0.4 is 4.90 Å². The lowest BCUT2D eigenvalue weighted by Gasteiger charge is -2.41. The number of allylic oxidation sites excluding steroid dienone is 1. The molecule has 0 radical (unpaired) electrons. The second-order valence-electron chi connectivity index (χ2n) is 8.46. The summed E-state index contributed by atoms with van der Waals surface area (Å²) in [6.45, 7) is 0.00786. The van der Waals surface area contributed by atoms with E-state index in [2.05, 4.69) is 0 Å². The van der Waals surface area contributed by atoms with E-state index in [9.17, 15) is 19.7 Å². The summed E-state index contributed by atoms with van der Waals surface area (Å²) in [5.41, 5.74) is 1.99. The van der Waals surface area contributed by atoms with Gasteiger partial charge < -0.3 is 23.9 Å². The van der Waals surface area contributed by atoms with Gasteiger partial charge in [0.15, 0.2) is 0 Å². The third-order valence-electron chi connectivity index (χ3n) is 6.70. The number of aliphatic hydroxyl groups is 1. The van der Waals surface area contributed by atoms with Gasteiger partial charge in [-0.1, -0.05) is 18.2 Å². The van der Waals surface area contributed by atoms with Crippen molar-refractivity contribution in [1.29, 1.82) is 0 Å². The maximum absolute atomic E-state index is 13.5. The predicted octanol–water partition coefficient (Wildman–Crippen LogP) is 2.02. The van der Waals surface area contributed by atoms with E-state index in [0.29, 0.717) is 35.5 Å². The second-order valence-corrected chi connectivity index (χ2v) is 8.46. The lowest BCUT2D eigenvalue weighted by atomic mass is 9.55. The molecule has 8 nitrogen and oxygen atoms in total. The molecule has 3 aliphatic rings. The van der Waals surface area contributed by atoms with Gasteiger partial charge in [0.05, 0.1) is 24.1 Å². The number of carbonyl (C=O) groups excluding carboxylic acids is 2. The summed E-state index contributed by atoms with van der Waals surface area (Å²) < 4.78 is 16.8. The SMILES string of the molecule is COCC1=C2B(O)O[C@H](c3ccc(CO)o3)C[C@H]2[C@H]2C(=O)N(c3ccccc3)C(=O)[C@H]2C1. The molecule has 2 fully saturated rings. The molecule has 2 aromatic rings. The molecule has 1 aliphatic carbocycles. The Morgan fingerprint density at radius 1 is 1.12 bits per heavy atom. The highest BCUT2D eigenvalue weighted by atomic mass is 16.5. The Morgan fingerprint density at radius 2 is 1.91 bits per heavy atom. The topological polar surface area (TPSA) is 109 Å². The monoisotopic (exact) mass is 437 g/mol. The number of benzene rings is 1. The van der Waals surface area contributed by atoms with E-state index in [1.165, 1.54) is 4.90 Å². The van der Waals surface area contributed by atoms with Crippen LogP contribution in [-0.2, 0) is 25.6 Å². The zero-order valence-corrected chi connectivity index (χ0v) is 17.6. The molecule has 0 unspecified atom stereocenters. The van der Waals surface area contributed by atoms with Gasteiger partial charge in [-0.05, 0) is 54.1 Å². The standard InChI is InChI=1S/C23H24BNO7/c1-30-12-13-9-17-20(23(28)25(22(17)27)14-5-3-2-4-6-14)16-10-19(32-24(29)21(13)16)18-8-7-15(11-26)31-18/h2-8,16-17,19-20,26,29H,9-12H2,1H3/t16-,17-,19-,20+/m0/s1. The average Bonchev–Trinajstić information content (AvgIpc) is 3.37. The number of hydrogen-bond donors (Lipinski definition) is 2. The lowest BCUT2D eigenvalue weighted by molar-refractivity contribution is -0.123. The largest absolute Gasteiger partial charge is 0.487 e. The number of methoxy groups -OCH3 is 1. The first-order valence-electron chi connectivity index (χ1n) is 10.7. The molecule has 166 valence electrons. The highest BCUT2D eigenvalue weighted by molar-refractivity contribution is 6.53. The molecule has 9 heteroatoms. The summed E-state index contributed by atoms with van der Waals surface area (Å²) >= 11 is 0. The van der Waals surface area contributed by atoms with Crippen LogP contribution in [0.2, 0.25) is 0 Å². The number of para-hydroxylation sites is 1. The predicted molar refractivity (Wildman–Crippen MR) is 114 cm³/mol. The van der Waals surface area contributed by atoms with E-state index in [0.717, 1.165) is 5.57 Å². The van der Waals surface area contributed by atoms with Gasteiger partial charge in [-0.2, -0.15) is 0 Å². The Balaban J connectivity index is 1.53. The van der Waals surface area contributed by atoms with Crippen LogP contribution in [0.15, 0.2) is 57.9 Å². The molecule has 2 amide bonds. The number of fused-ring (bicyclic) bond motifs is 3. The van der Waals surface area contributed by atoms with Crippen molar-refractivity contribution in [2.24, 2.45) is 17.8 Å². The number of ether oxygens (including phenoxy) is 1. The molecule has 0 saturated carbocycles. The molecule has 2 aliphatic heterocycles. The number of aliphatic hydroxyl groups excluding tert-OH is 1. The maximum Gasteiger partial charge on any atom is 0.487 e. The smallest absolute Gasteiger partial charge is 0.461 e. The maximum atomic E-state index is 13.5. The molecule has 5 rings (SSSR count). The number of anilines is 1. The van der Waals surface area contributed by atoms with E-state index in [1.807, 2.05) is 6.07 Å². The first-order valence-corrected chi connectivity index (χ1v) is 10.7. The van der Waals surface area contributed by atoms with Crippen LogP contribution in [0.4, 0.5) is 5.69 Å². The van der Waals surface area contributed by atoms with Gasteiger partial charge in [0.1, 0.15) is 24.2 Å². The third-order valence-corrected chi connectivity index (χ3v) is 6.70. The summed E-state index contributed by atoms with van der Waals surface area (Å²) in [5.74, 6) is -1.11. The number of hydrogen-bond acceptors (Lipinski definition) is 7. The van der Waals surface area contributed by atoms with E-state index in [1.54, 1.807) is 43.5 Å². The van der Waals surface area contributed by atoms with Gasteiger partial charge >= 0.3 is 7.12 Å². The summed E-state index contributed by atoms with van der Waals surface area (Å²) in [6.07, 6.45) is 0.120. The summed E-state index contributed by atoms with van der Waals surface area (Å²) in [6, 6.07) is 12.3. The zero-order valence-electron chi connectivity index (χ0n) is 17.6. The molecule has 0 bridgehead atoms. The number of imide groups is 1. The van der Waals surface area contributed by atoms with Crippen LogP contribution in [0.1, 0.15) is 30.5 Å². The van der Waals surface area contributed by atoms with Crippen molar-refractivity contribution in [2.75, 3.05) is 18.6 Å². The third kappa shape index (κ3) is 3.33. The van der Waals surface area contributed by atoms with Gasteiger partial charge in [-0.15, -0.1) is 0 Å². The average molecular weight is 437 g/mol. The lowest BCUT2D eigenvalue weighted by Crippen LogP contribution is -2.45. The van der Waals surface area contributed by atoms with E-state index < -0.39 is 25.1 Å². The summed E-state index contributed by atoms with van der Waals surface area (Å²) in [7, 11) is 0.325. The minimum absolute atomic E-state index is 0.225. The molecule has 1 aromatic heterocycles. The Labute approximate surface area is 185 Å². The molecule has 1 aromatic carbocycles. The molecular weight excluding hydrogens is 413 g/mol. The molecule has 4 atom stereocenters. The van der Waals surface area contributed by atoms with Crippen LogP contribution in [0.3, 0.4) is 0 Å². The quantitative estimate of drug-likeness (QED) is 0.544. The molecule has 2 N–H and O–H groups in total. The fraction of sp³-hybridized carbons (Fsp3) is 0.391. The number of rotatable bonds is 5. The molecule has 32 heavy (non-hydrogen) atoms. The Bertz CT molecular complexity index is 1070. The first-order chi connectivity index (χ1) is 15.5. The fourth-order valence-electron chi connectivity index (χ4n) is 5.39. The molecule has 2 saturated heterocycles. The first kappa shape index (κ1) is 21.1. The van der Waals surface area contributed by atoms with E-state index >= 15 is 0 Å². The van der Waals surface area contributed by atoms with Crippen molar-refractivity contribution in [3.8, 4) is 0 Å². The number of furan rings is 1. The fourth-order valence-corrected chi connectivity index (χ4v) is 5.39. The van der Waals surface area contributed by atoms with Crippen molar-refractivity contribution in [3.63, 3.8) is 0 Å². The highest BCUT2D eigenvalue weighted by Gasteiger charge is 2.58. The van der Waals surface area contributed by atoms with Crippen LogP contribution in [-0.4, -0.2) is 42.8 Å². The van der Waals surface area contributed by atoms with Gasteiger partial charge in [0.2, 0.25) is 11.8 Å². The van der Waals surface area contributed by atoms with Crippen molar-refractivity contribution >= 4 is 24.6 Å². The number of amides is 2.